The molecule has 13 heavy (non-hydrogen) atoms. The molecule has 0 amide bonds. The van der Waals surface area contributed by atoms with Crippen LogP contribution in [-0.4, -0.2) is 0 Å². The lowest BCUT2D eigenvalue weighted by atomic mass is 9.76. The minimum Gasteiger partial charge on any atom is -0.0950 e. The number of allylic oxidation sites excluding steroid dienone is 1. The monoisotopic (exact) mass is 172 g/mol. The maximum atomic E-state index is 4.17. The lowest BCUT2D eigenvalue weighted by molar-refractivity contribution is 0.560. The van der Waals surface area contributed by atoms with Gasteiger partial charge in [0.05, 0.1) is 0 Å². The van der Waals surface area contributed by atoms with E-state index in [4.69, 9.17) is 0 Å². The maximum absolute atomic E-state index is 4.17. The average Bonchev–Trinajstić information content (AvgIpc) is 2.15. The van der Waals surface area contributed by atoms with Gasteiger partial charge in [0.15, 0.2) is 0 Å². The smallest absolute Gasteiger partial charge is 0.0179 e. The van der Waals surface area contributed by atoms with E-state index in [1.165, 1.54) is 23.1 Å². The van der Waals surface area contributed by atoms with Crippen molar-refractivity contribution >= 4 is 5.57 Å². The van der Waals surface area contributed by atoms with Crippen molar-refractivity contribution in [2.45, 2.75) is 26.2 Å². The first-order valence-corrected chi connectivity index (χ1v) is 4.98. The molecule has 0 spiro atoms. The Labute approximate surface area is 80.3 Å². The van der Waals surface area contributed by atoms with Gasteiger partial charge < -0.3 is 0 Å². The summed E-state index contributed by atoms with van der Waals surface area (Å²) in [5.41, 5.74) is 4.17. The van der Waals surface area contributed by atoms with Gasteiger partial charge in [-0.15, -0.1) is 0 Å². The fraction of sp³-hybridized carbons (Fsp3) is 0.385. The van der Waals surface area contributed by atoms with E-state index in [2.05, 4.69) is 44.7 Å². The quantitative estimate of drug-likeness (QED) is 0.557. The SMILES string of the molecule is C=C1c2ccccc2C(C)CC1C. The number of hydrogen-bond donors (Lipinski definition) is 0. The molecule has 2 atom stereocenters. The molecular formula is C13H16. The molecule has 2 unspecified atom stereocenters. The summed E-state index contributed by atoms with van der Waals surface area (Å²) in [5.74, 6) is 1.33. The Bertz CT molecular complexity index is 336. The molecule has 0 radical (unpaired) electrons. The summed E-state index contributed by atoms with van der Waals surface area (Å²) in [4.78, 5) is 0. The first kappa shape index (κ1) is 8.55. The van der Waals surface area contributed by atoms with Crippen molar-refractivity contribution in [3.63, 3.8) is 0 Å². The van der Waals surface area contributed by atoms with Crippen LogP contribution in [0.25, 0.3) is 5.57 Å². The van der Waals surface area contributed by atoms with E-state index in [-0.39, 0.29) is 0 Å². The molecule has 0 aliphatic heterocycles. The van der Waals surface area contributed by atoms with Gasteiger partial charge in [0.1, 0.15) is 0 Å². The molecule has 1 aromatic rings. The van der Waals surface area contributed by atoms with Crippen LogP contribution in [0.4, 0.5) is 0 Å². The molecule has 1 aliphatic rings. The van der Waals surface area contributed by atoms with Crippen LogP contribution in [0.2, 0.25) is 0 Å². The Morgan fingerprint density at radius 1 is 1.15 bits per heavy atom. The first-order chi connectivity index (χ1) is 6.20. The Kier molecular flexibility index (Phi) is 1.99. The van der Waals surface area contributed by atoms with Crippen LogP contribution in [-0.2, 0) is 0 Å². The molecule has 2 rings (SSSR count). The lowest BCUT2D eigenvalue weighted by Gasteiger charge is -2.29. The third-order valence-corrected chi connectivity index (χ3v) is 3.14. The topological polar surface area (TPSA) is 0 Å². The molecule has 0 N–H and O–H groups in total. The van der Waals surface area contributed by atoms with Gasteiger partial charge in [-0.1, -0.05) is 44.7 Å². The van der Waals surface area contributed by atoms with Gasteiger partial charge in [0.2, 0.25) is 0 Å². The summed E-state index contributed by atoms with van der Waals surface area (Å²) in [6, 6.07) is 8.66. The predicted molar refractivity (Wildman–Crippen MR) is 57.7 cm³/mol. The molecule has 1 aromatic carbocycles. The van der Waals surface area contributed by atoms with Crippen LogP contribution in [0.5, 0.6) is 0 Å². The summed E-state index contributed by atoms with van der Waals surface area (Å²) >= 11 is 0. The number of benzene rings is 1. The molecule has 1 aliphatic carbocycles. The van der Waals surface area contributed by atoms with Crippen LogP contribution >= 0.6 is 0 Å². The summed E-state index contributed by atoms with van der Waals surface area (Å²) in [6.45, 7) is 8.75. The van der Waals surface area contributed by atoms with Crippen LogP contribution in [0.15, 0.2) is 30.8 Å². The molecule has 0 aromatic heterocycles. The van der Waals surface area contributed by atoms with Gasteiger partial charge in [0.25, 0.3) is 0 Å². The fourth-order valence-electron chi connectivity index (χ4n) is 2.28. The highest BCUT2D eigenvalue weighted by atomic mass is 14.3. The van der Waals surface area contributed by atoms with E-state index < -0.39 is 0 Å². The average molecular weight is 172 g/mol. The Balaban J connectivity index is 2.54. The van der Waals surface area contributed by atoms with E-state index in [9.17, 15) is 0 Å². The first-order valence-electron chi connectivity index (χ1n) is 4.98. The minimum atomic E-state index is 0.643. The summed E-state index contributed by atoms with van der Waals surface area (Å²) in [5, 5.41) is 0. The van der Waals surface area contributed by atoms with Crippen molar-refractivity contribution < 1.29 is 0 Å². The zero-order chi connectivity index (χ0) is 9.42. The normalized spacial score (nSPS) is 27.1. The van der Waals surface area contributed by atoms with Crippen LogP contribution < -0.4 is 0 Å². The van der Waals surface area contributed by atoms with E-state index >= 15 is 0 Å². The standard InChI is InChI=1S/C13H16/c1-9-8-10(2)12-6-4-5-7-13(12)11(9)3/h4-7,9-10H,3,8H2,1-2H3. The summed E-state index contributed by atoms with van der Waals surface area (Å²) < 4.78 is 0. The second-order valence-electron chi connectivity index (χ2n) is 4.15. The zero-order valence-corrected chi connectivity index (χ0v) is 8.38. The van der Waals surface area contributed by atoms with Gasteiger partial charge in [-0.2, -0.15) is 0 Å². The van der Waals surface area contributed by atoms with Crippen molar-refractivity contribution in [1.82, 2.24) is 0 Å². The van der Waals surface area contributed by atoms with Crippen molar-refractivity contribution in [2.75, 3.05) is 0 Å². The molecule has 0 heterocycles. The highest BCUT2D eigenvalue weighted by Gasteiger charge is 2.23. The van der Waals surface area contributed by atoms with Gasteiger partial charge >= 0.3 is 0 Å². The van der Waals surface area contributed by atoms with E-state index in [0.717, 1.165) is 0 Å². The van der Waals surface area contributed by atoms with Crippen molar-refractivity contribution in [3.8, 4) is 0 Å². The van der Waals surface area contributed by atoms with Crippen LogP contribution in [0.1, 0.15) is 37.3 Å². The highest BCUT2D eigenvalue weighted by Crippen LogP contribution is 2.40. The third kappa shape index (κ3) is 1.31. The van der Waals surface area contributed by atoms with E-state index in [0.29, 0.717) is 11.8 Å². The van der Waals surface area contributed by atoms with Gasteiger partial charge in [-0.05, 0) is 35.0 Å². The molecule has 0 nitrogen and oxygen atoms in total. The van der Waals surface area contributed by atoms with Gasteiger partial charge in [-0.3, -0.25) is 0 Å². The van der Waals surface area contributed by atoms with Gasteiger partial charge in [-0.25, -0.2) is 0 Å². The Morgan fingerprint density at radius 2 is 1.85 bits per heavy atom. The predicted octanol–water partition coefficient (Wildman–Crippen LogP) is 3.84. The number of hydrogen-bond acceptors (Lipinski definition) is 0. The van der Waals surface area contributed by atoms with Crippen molar-refractivity contribution in [2.24, 2.45) is 5.92 Å². The van der Waals surface area contributed by atoms with E-state index in [1.54, 1.807) is 0 Å². The van der Waals surface area contributed by atoms with E-state index in [1.807, 2.05) is 0 Å². The highest BCUT2D eigenvalue weighted by molar-refractivity contribution is 5.70. The Hall–Kier alpha value is -1.04. The molecule has 68 valence electrons. The molecule has 0 fully saturated rings. The summed E-state index contributed by atoms with van der Waals surface area (Å²) in [6.07, 6.45) is 1.25. The molecule has 0 bridgehead atoms. The van der Waals surface area contributed by atoms with Crippen LogP contribution in [0.3, 0.4) is 0 Å². The maximum Gasteiger partial charge on any atom is -0.0179 e. The number of fused-ring (bicyclic) bond motifs is 1. The second-order valence-corrected chi connectivity index (χ2v) is 4.15. The van der Waals surface area contributed by atoms with Crippen LogP contribution in [0, 0.1) is 5.92 Å². The fourth-order valence-corrected chi connectivity index (χ4v) is 2.28. The third-order valence-electron chi connectivity index (χ3n) is 3.14. The minimum absolute atomic E-state index is 0.643. The van der Waals surface area contributed by atoms with Gasteiger partial charge in [0, 0.05) is 0 Å². The molecule has 0 saturated carbocycles. The zero-order valence-electron chi connectivity index (χ0n) is 8.38. The molecular weight excluding hydrogens is 156 g/mol. The molecule has 0 saturated heterocycles. The molecule has 0 heteroatoms. The second kappa shape index (κ2) is 3.02. The van der Waals surface area contributed by atoms with Crippen molar-refractivity contribution in [3.05, 3.63) is 42.0 Å². The lowest BCUT2D eigenvalue weighted by Crippen LogP contribution is -2.12. The Morgan fingerprint density at radius 3 is 2.62 bits per heavy atom. The largest absolute Gasteiger partial charge is 0.0950 e. The van der Waals surface area contributed by atoms with Crippen molar-refractivity contribution in [1.29, 1.82) is 0 Å². The number of rotatable bonds is 0. The summed E-state index contributed by atoms with van der Waals surface area (Å²) in [7, 11) is 0.